The van der Waals surface area contributed by atoms with Crippen LogP contribution in [0.3, 0.4) is 0 Å². The van der Waals surface area contributed by atoms with Gasteiger partial charge in [-0.2, -0.15) is 0 Å². The number of nitrogens with zero attached hydrogens (tertiary/aromatic N) is 3. The molecule has 3 aliphatic rings. The van der Waals surface area contributed by atoms with E-state index in [0.717, 1.165) is 59.6 Å². The number of nitrogens with one attached hydrogen (secondary N) is 1. The van der Waals surface area contributed by atoms with Gasteiger partial charge in [-0.15, -0.1) is 0 Å². The number of fused-ring (bicyclic) bond motifs is 2. The molecule has 0 atom stereocenters. The van der Waals surface area contributed by atoms with Crippen LogP contribution < -0.4 is 39.2 Å². The Hall–Kier alpha value is -1.59. The van der Waals surface area contributed by atoms with Crippen molar-refractivity contribution in [1.29, 1.82) is 0 Å². The van der Waals surface area contributed by atoms with E-state index in [0.29, 0.717) is 31.8 Å². The van der Waals surface area contributed by atoms with Crippen molar-refractivity contribution >= 4 is 27.9 Å². The molecule has 2 heterocycles. The standard InChI is InChI=1S/C22H28N4O5S.Na/c1-14-13-23-22(31-14)26(17-8-10-30-11-9-17)32(28,29)25-21(27)24-20-18-6-2-4-15(18)12-16-5-3-7-19(16)20;/h12-13,17H,2-11H2,1H3,(H2,24,25,27);/q;+1/p-1. The van der Waals surface area contributed by atoms with Crippen LogP contribution in [-0.2, 0) is 40.6 Å². The summed E-state index contributed by atoms with van der Waals surface area (Å²) in [4.78, 5) is 17.0. The van der Waals surface area contributed by atoms with Crippen LogP contribution in [-0.4, -0.2) is 38.7 Å². The SMILES string of the molecule is Cc1cnc(N(C2CCOCC2)S(=O)(=O)[N-]C(=O)Nc2c3c(cc4c2CCC4)CCC3)o1.[Na+]. The Morgan fingerprint density at radius 1 is 1.12 bits per heavy atom. The van der Waals surface area contributed by atoms with Gasteiger partial charge in [0.2, 0.25) is 0 Å². The molecular weight excluding hydrogens is 455 g/mol. The number of aryl methyl sites for hydroxylation is 3. The molecule has 2 aliphatic carbocycles. The Bertz CT molecular complexity index is 1110. The number of ether oxygens (including phenoxy) is 1. The Morgan fingerprint density at radius 3 is 2.33 bits per heavy atom. The van der Waals surface area contributed by atoms with E-state index >= 15 is 0 Å². The maximum absolute atomic E-state index is 13.3. The van der Waals surface area contributed by atoms with Gasteiger partial charge in [-0.05, 0) is 86.2 Å². The molecule has 0 unspecified atom stereocenters. The minimum Gasteiger partial charge on any atom is -0.428 e. The average molecular weight is 483 g/mol. The van der Waals surface area contributed by atoms with Gasteiger partial charge in [0.05, 0.1) is 12.2 Å². The Balaban J connectivity index is 0.00000259. The molecule has 1 saturated heterocycles. The van der Waals surface area contributed by atoms with Crippen molar-refractivity contribution in [3.63, 3.8) is 0 Å². The van der Waals surface area contributed by atoms with Gasteiger partial charge in [0.15, 0.2) is 6.03 Å². The van der Waals surface area contributed by atoms with Crippen LogP contribution in [0, 0.1) is 6.92 Å². The normalized spacial score (nSPS) is 17.7. The second-order valence-corrected chi connectivity index (χ2v) is 10.1. The van der Waals surface area contributed by atoms with Gasteiger partial charge >= 0.3 is 35.6 Å². The molecule has 9 nitrogen and oxygen atoms in total. The number of hydrogen-bond acceptors (Lipinski definition) is 6. The number of carbonyl (C=O) groups excluding carboxylic acids is 1. The fraction of sp³-hybridized carbons (Fsp3) is 0.545. The van der Waals surface area contributed by atoms with Crippen molar-refractivity contribution in [2.45, 2.75) is 64.3 Å². The molecule has 1 aromatic carbocycles. The second-order valence-electron chi connectivity index (χ2n) is 8.63. The molecule has 0 bridgehead atoms. The molecule has 2 aromatic rings. The van der Waals surface area contributed by atoms with Crippen LogP contribution in [0.25, 0.3) is 4.72 Å². The minimum absolute atomic E-state index is 0. The Labute approximate surface area is 216 Å². The maximum atomic E-state index is 13.3. The van der Waals surface area contributed by atoms with Crippen LogP contribution in [0.2, 0.25) is 0 Å². The summed E-state index contributed by atoms with van der Waals surface area (Å²) in [5.74, 6) is 0.479. The van der Waals surface area contributed by atoms with E-state index in [2.05, 4.69) is 21.1 Å². The fourth-order valence-corrected chi connectivity index (χ4v) is 6.27. The molecule has 0 radical (unpaired) electrons. The molecule has 172 valence electrons. The first-order valence-electron chi connectivity index (χ1n) is 11.2. The quantitative estimate of drug-likeness (QED) is 0.631. The van der Waals surface area contributed by atoms with Gasteiger partial charge in [0.25, 0.3) is 10.2 Å². The summed E-state index contributed by atoms with van der Waals surface area (Å²) in [5, 5.41) is 2.83. The summed E-state index contributed by atoms with van der Waals surface area (Å²) in [6.45, 7) is 2.53. The van der Waals surface area contributed by atoms with Crippen molar-refractivity contribution in [3.8, 4) is 0 Å². The number of benzene rings is 1. The number of rotatable bonds is 5. The van der Waals surface area contributed by atoms with E-state index < -0.39 is 22.3 Å². The summed E-state index contributed by atoms with van der Waals surface area (Å²) >= 11 is 0. The van der Waals surface area contributed by atoms with Gasteiger partial charge in [-0.25, -0.2) is 17.7 Å². The molecule has 1 fully saturated rings. The number of amides is 2. The van der Waals surface area contributed by atoms with E-state index in [4.69, 9.17) is 9.15 Å². The molecule has 11 heteroatoms. The molecule has 33 heavy (non-hydrogen) atoms. The predicted molar refractivity (Wildman–Crippen MR) is 119 cm³/mol. The molecule has 1 aliphatic heterocycles. The zero-order valence-electron chi connectivity index (χ0n) is 19.1. The van der Waals surface area contributed by atoms with Crippen molar-refractivity contribution in [2.24, 2.45) is 0 Å². The number of anilines is 2. The summed E-state index contributed by atoms with van der Waals surface area (Å²) in [5.41, 5.74) is 5.51. The molecule has 0 saturated carbocycles. The third kappa shape index (κ3) is 4.95. The molecule has 1 aromatic heterocycles. The second kappa shape index (κ2) is 9.95. The number of hydrogen-bond donors (Lipinski definition) is 1. The van der Waals surface area contributed by atoms with Gasteiger partial charge in [-0.1, -0.05) is 6.07 Å². The topological polar surface area (TPSA) is 116 Å². The molecule has 1 N–H and O–H groups in total. The summed E-state index contributed by atoms with van der Waals surface area (Å²) in [7, 11) is -4.37. The molecule has 0 spiro atoms. The summed E-state index contributed by atoms with van der Waals surface area (Å²) in [6, 6.07) is 0.854. The third-order valence-electron chi connectivity index (χ3n) is 6.47. The minimum atomic E-state index is -4.37. The first-order valence-corrected chi connectivity index (χ1v) is 12.6. The average Bonchev–Trinajstić information content (AvgIpc) is 3.49. The summed E-state index contributed by atoms with van der Waals surface area (Å²) in [6.07, 6.45) is 8.21. The van der Waals surface area contributed by atoms with Crippen molar-refractivity contribution < 1.29 is 51.9 Å². The number of urea groups is 1. The zero-order chi connectivity index (χ0) is 22.3. The first kappa shape index (κ1) is 24.5. The Kier molecular flexibility index (Phi) is 7.40. The summed E-state index contributed by atoms with van der Waals surface area (Å²) < 4.78 is 42.1. The zero-order valence-corrected chi connectivity index (χ0v) is 21.9. The van der Waals surface area contributed by atoms with Crippen LogP contribution in [0.4, 0.5) is 16.5 Å². The largest absolute Gasteiger partial charge is 1.00 e. The molecular formula is C22H27N4NaO5S. The Morgan fingerprint density at radius 2 is 1.76 bits per heavy atom. The molecule has 2 amide bonds. The van der Waals surface area contributed by atoms with Crippen molar-refractivity contribution in [3.05, 3.63) is 45.0 Å². The van der Waals surface area contributed by atoms with Crippen LogP contribution >= 0.6 is 0 Å². The smallest absolute Gasteiger partial charge is 0.428 e. The third-order valence-corrected chi connectivity index (χ3v) is 7.82. The molecule has 5 rings (SSSR count). The maximum Gasteiger partial charge on any atom is 1.00 e. The predicted octanol–water partition coefficient (Wildman–Crippen LogP) is 0.800. The monoisotopic (exact) mass is 482 g/mol. The van der Waals surface area contributed by atoms with Crippen LogP contribution in [0.15, 0.2) is 16.7 Å². The van der Waals surface area contributed by atoms with Crippen LogP contribution in [0.5, 0.6) is 0 Å². The number of carbonyl (C=O) groups is 1. The van der Waals surface area contributed by atoms with Gasteiger partial charge in [-0.3, -0.25) is 4.79 Å². The van der Waals surface area contributed by atoms with Gasteiger partial charge in [0, 0.05) is 13.2 Å². The fourth-order valence-electron chi connectivity index (χ4n) is 5.05. The van der Waals surface area contributed by atoms with E-state index in [9.17, 15) is 13.2 Å². The van der Waals surface area contributed by atoms with E-state index in [-0.39, 0.29) is 35.6 Å². The first-order chi connectivity index (χ1) is 15.4. The van der Waals surface area contributed by atoms with Crippen molar-refractivity contribution in [1.82, 2.24) is 4.98 Å². The van der Waals surface area contributed by atoms with E-state index in [1.165, 1.54) is 17.3 Å². The van der Waals surface area contributed by atoms with E-state index in [1.807, 2.05) is 0 Å². The van der Waals surface area contributed by atoms with Crippen molar-refractivity contribution in [2.75, 3.05) is 22.8 Å². The van der Waals surface area contributed by atoms with Crippen LogP contribution in [0.1, 0.15) is 53.7 Å². The number of aromatic nitrogens is 1. The van der Waals surface area contributed by atoms with Gasteiger partial charge < -0.3 is 19.2 Å². The van der Waals surface area contributed by atoms with Gasteiger partial charge in [0.1, 0.15) is 5.76 Å². The number of oxazole rings is 1. The van der Waals surface area contributed by atoms with E-state index in [1.54, 1.807) is 6.92 Å².